The summed E-state index contributed by atoms with van der Waals surface area (Å²) in [6.07, 6.45) is -4.64. The summed E-state index contributed by atoms with van der Waals surface area (Å²) in [5, 5.41) is 8.76. The Balaban J connectivity index is 2.11. The Labute approximate surface area is 159 Å². The fourth-order valence-electron chi connectivity index (χ4n) is 2.21. The second-order valence-corrected chi connectivity index (χ2v) is 6.70. The van der Waals surface area contributed by atoms with E-state index in [0.717, 1.165) is 23.0 Å². The van der Waals surface area contributed by atoms with Gasteiger partial charge in [0.1, 0.15) is 5.82 Å². The SMILES string of the molecule is CCNC(=NCc1ccc(F)cc1C(F)(F)F)NCc1csc(N(C)C)n1. The Hall–Kier alpha value is -2.36. The molecule has 0 aliphatic carbocycles. The summed E-state index contributed by atoms with van der Waals surface area (Å²) >= 11 is 1.49. The first kappa shape index (κ1) is 20.9. The number of thiazole rings is 1. The van der Waals surface area contributed by atoms with Gasteiger partial charge in [0.15, 0.2) is 11.1 Å². The van der Waals surface area contributed by atoms with Gasteiger partial charge < -0.3 is 15.5 Å². The highest BCUT2D eigenvalue weighted by molar-refractivity contribution is 7.13. The number of benzene rings is 1. The molecule has 0 unspecified atom stereocenters. The lowest BCUT2D eigenvalue weighted by Crippen LogP contribution is -2.37. The van der Waals surface area contributed by atoms with Crippen molar-refractivity contribution in [1.82, 2.24) is 15.6 Å². The lowest BCUT2D eigenvalue weighted by Gasteiger charge is -2.13. The maximum atomic E-state index is 13.2. The van der Waals surface area contributed by atoms with Crippen LogP contribution in [0.5, 0.6) is 0 Å². The molecule has 0 saturated heterocycles. The Kier molecular flexibility index (Phi) is 7.00. The van der Waals surface area contributed by atoms with Gasteiger partial charge in [0, 0.05) is 26.0 Å². The first-order chi connectivity index (χ1) is 12.7. The predicted octanol–water partition coefficient (Wildman–Crippen LogP) is 3.62. The van der Waals surface area contributed by atoms with Gasteiger partial charge in [-0.1, -0.05) is 6.07 Å². The van der Waals surface area contributed by atoms with Gasteiger partial charge in [-0.15, -0.1) is 11.3 Å². The van der Waals surface area contributed by atoms with Crippen molar-refractivity contribution in [3.63, 3.8) is 0 Å². The molecule has 0 radical (unpaired) electrons. The minimum atomic E-state index is -4.64. The standard InChI is InChI=1S/C17H21F4N5S/c1-4-22-15(24-9-13-10-27-16(25-13)26(2)3)23-8-11-5-6-12(18)7-14(11)17(19,20)21/h5-7,10H,4,8-9H2,1-3H3,(H2,22,23,24). The number of guanidine groups is 1. The quantitative estimate of drug-likeness (QED) is 0.440. The van der Waals surface area contributed by atoms with Gasteiger partial charge in [-0.25, -0.2) is 14.4 Å². The number of nitrogens with one attached hydrogen (secondary N) is 2. The zero-order valence-corrected chi connectivity index (χ0v) is 16.0. The molecular weight excluding hydrogens is 382 g/mol. The number of hydrogen-bond acceptors (Lipinski definition) is 4. The summed E-state index contributed by atoms with van der Waals surface area (Å²) in [5.41, 5.74) is -0.311. The Bertz CT molecular complexity index is 786. The van der Waals surface area contributed by atoms with Crippen molar-refractivity contribution in [2.24, 2.45) is 4.99 Å². The smallest absolute Gasteiger partial charge is 0.357 e. The molecule has 1 heterocycles. The van der Waals surface area contributed by atoms with Gasteiger partial charge in [0.2, 0.25) is 0 Å². The van der Waals surface area contributed by atoms with Crippen LogP contribution >= 0.6 is 11.3 Å². The Morgan fingerprint density at radius 2 is 2.00 bits per heavy atom. The number of aliphatic imine (C=N–C) groups is 1. The first-order valence-electron chi connectivity index (χ1n) is 8.20. The number of alkyl halides is 3. The van der Waals surface area contributed by atoms with Crippen molar-refractivity contribution in [1.29, 1.82) is 0 Å². The fraction of sp³-hybridized carbons (Fsp3) is 0.412. The Morgan fingerprint density at radius 3 is 2.59 bits per heavy atom. The third-order valence-corrected chi connectivity index (χ3v) is 4.55. The lowest BCUT2D eigenvalue weighted by molar-refractivity contribution is -0.138. The average molecular weight is 403 g/mol. The largest absolute Gasteiger partial charge is 0.416 e. The monoisotopic (exact) mass is 403 g/mol. The summed E-state index contributed by atoms with van der Waals surface area (Å²) < 4.78 is 52.4. The molecule has 0 amide bonds. The number of nitrogens with zero attached hydrogens (tertiary/aromatic N) is 3. The van der Waals surface area contributed by atoms with Crippen molar-refractivity contribution in [3.05, 3.63) is 46.2 Å². The van der Waals surface area contributed by atoms with Crippen LogP contribution in [0.1, 0.15) is 23.7 Å². The minimum Gasteiger partial charge on any atom is -0.357 e. The van der Waals surface area contributed by atoms with Gasteiger partial charge in [0.05, 0.1) is 24.3 Å². The molecule has 2 aromatic rings. The molecule has 0 aliphatic rings. The number of aromatic nitrogens is 1. The van der Waals surface area contributed by atoms with E-state index in [2.05, 4.69) is 20.6 Å². The van der Waals surface area contributed by atoms with Crippen LogP contribution in [0, 0.1) is 5.82 Å². The summed E-state index contributed by atoms with van der Waals surface area (Å²) in [4.78, 5) is 10.5. The average Bonchev–Trinajstić information content (AvgIpc) is 3.06. The summed E-state index contributed by atoms with van der Waals surface area (Å²) in [7, 11) is 3.78. The van der Waals surface area contributed by atoms with Gasteiger partial charge in [-0.2, -0.15) is 13.2 Å². The van der Waals surface area contributed by atoms with E-state index in [0.29, 0.717) is 25.1 Å². The molecule has 2 rings (SSSR count). The molecule has 0 saturated carbocycles. The number of anilines is 1. The van der Waals surface area contributed by atoms with Gasteiger partial charge >= 0.3 is 6.18 Å². The minimum absolute atomic E-state index is 0.0929. The molecule has 5 nitrogen and oxygen atoms in total. The van der Waals surface area contributed by atoms with E-state index in [-0.39, 0.29) is 12.1 Å². The van der Waals surface area contributed by atoms with E-state index in [1.165, 1.54) is 11.3 Å². The van der Waals surface area contributed by atoms with Crippen LogP contribution in [-0.2, 0) is 19.3 Å². The highest BCUT2D eigenvalue weighted by atomic mass is 32.1. The molecule has 0 bridgehead atoms. The topological polar surface area (TPSA) is 52.6 Å². The molecule has 0 fully saturated rings. The second-order valence-electron chi connectivity index (χ2n) is 5.86. The van der Waals surface area contributed by atoms with E-state index >= 15 is 0 Å². The van der Waals surface area contributed by atoms with Crippen LogP contribution in [0.4, 0.5) is 22.7 Å². The number of hydrogen-bond donors (Lipinski definition) is 2. The highest BCUT2D eigenvalue weighted by Gasteiger charge is 2.33. The van der Waals surface area contributed by atoms with E-state index < -0.39 is 17.6 Å². The van der Waals surface area contributed by atoms with E-state index in [1.54, 1.807) is 0 Å². The zero-order valence-electron chi connectivity index (χ0n) is 15.2. The number of rotatable bonds is 6. The third-order valence-electron chi connectivity index (χ3n) is 3.49. The summed E-state index contributed by atoms with van der Waals surface area (Å²) in [5.74, 6) is -0.574. The van der Waals surface area contributed by atoms with E-state index in [1.807, 2.05) is 31.3 Å². The maximum Gasteiger partial charge on any atom is 0.416 e. The molecule has 0 aliphatic heterocycles. The lowest BCUT2D eigenvalue weighted by atomic mass is 10.1. The highest BCUT2D eigenvalue weighted by Crippen LogP contribution is 2.32. The molecule has 0 spiro atoms. The van der Waals surface area contributed by atoms with Crippen LogP contribution in [0.15, 0.2) is 28.6 Å². The molecule has 27 heavy (non-hydrogen) atoms. The maximum absolute atomic E-state index is 13.2. The molecule has 10 heteroatoms. The van der Waals surface area contributed by atoms with Crippen LogP contribution in [0.2, 0.25) is 0 Å². The zero-order chi connectivity index (χ0) is 20.0. The van der Waals surface area contributed by atoms with Crippen LogP contribution in [-0.4, -0.2) is 31.6 Å². The molecule has 1 aromatic heterocycles. The molecular formula is C17H21F4N5S. The van der Waals surface area contributed by atoms with Crippen molar-refractivity contribution < 1.29 is 17.6 Å². The van der Waals surface area contributed by atoms with Crippen molar-refractivity contribution in [2.45, 2.75) is 26.2 Å². The normalized spacial score (nSPS) is 12.2. The summed E-state index contributed by atoms with van der Waals surface area (Å²) in [6, 6.07) is 2.59. The van der Waals surface area contributed by atoms with Crippen molar-refractivity contribution in [2.75, 3.05) is 25.5 Å². The summed E-state index contributed by atoms with van der Waals surface area (Å²) in [6.45, 7) is 2.54. The third kappa shape index (κ3) is 6.09. The van der Waals surface area contributed by atoms with Gasteiger partial charge in [-0.05, 0) is 24.6 Å². The van der Waals surface area contributed by atoms with Crippen LogP contribution in [0.3, 0.4) is 0 Å². The van der Waals surface area contributed by atoms with Crippen molar-refractivity contribution in [3.8, 4) is 0 Å². The fourth-order valence-corrected chi connectivity index (χ4v) is 2.97. The second kappa shape index (κ2) is 9.03. The predicted molar refractivity (Wildman–Crippen MR) is 99.5 cm³/mol. The first-order valence-corrected chi connectivity index (χ1v) is 9.08. The molecule has 2 N–H and O–H groups in total. The molecule has 148 valence electrons. The Morgan fingerprint density at radius 1 is 1.26 bits per heavy atom. The van der Waals surface area contributed by atoms with Crippen molar-refractivity contribution >= 4 is 22.4 Å². The van der Waals surface area contributed by atoms with Crippen LogP contribution in [0.25, 0.3) is 0 Å². The number of halogens is 4. The molecule has 0 atom stereocenters. The molecule has 1 aromatic carbocycles. The van der Waals surface area contributed by atoms with E-state index in [9.17, 15) is 17.6 Å². The van der Waals surface area contributed by atoms with Gasteiger partial charge in [0.25, 0.3) is 0 Å². The van der Waals surface area contributed by atoms with Gasteiger partial charge in [-0.3, -0.25) is 0 Å². The van der Waals surface area contributed by atoms with Crippen LogP contribution < -0.4 is 15.5 Å². The van der Waals surface area contributed by atoms with E-state index in [4.69, 9.17) is 0 Å².